The van der Waals surface area contributed by atoms with Crippen LogP contribution in [-0.2, 0) is 28.0 Å². The first-order valence-corrected chi connectivity index (χ1v) is 10.5. The average Bonchev–Trinajstić information content (AvgIpc) is 2.70. The number of carbonyl (C=O) groups is 1. The van der Waals surface area contributed by atoms with E-state index in [0.29, 0.717) is 19.2 Å². The van der Waals surface area contributed by atoms with E-state index in [-0.39, 0.29) is 15.3 Å². The molecule has 14 heteroatoms. The summed E-state index contributed by atoms with van der Waals surface area (Å²) in [6, 6.07) is 2.40. The van der Waals surface area contributed by atoms with Crippen molar-refractivity contribution in [1.82, 2.24) is 9.55 Å². The number of aromatic nitrogens is 2. The second-order valence-electron chi connectivity index (χ2n) is 6.41. The van der Waals surface area contributed by atoms with Crippen LogP contribution in [0, 0.1) is 17.1 Å². The number of nitriles is 1. The minimum Gasteiger partial charge on any atom is -0.292 e. The number of alkyl halides is 3. The van der Waals surface area contributed by atoms with Crippen molar-refractivity contribution in [2.24, 2.45) is 7.05 Å². The summed E-state index contributed by atoms with van der Waals surface area (Å²) in [4.78, 5) is 38.0. The van der Waals surface area contributed by atoms with E-state index in [2.05, 4.69) is 0 Å². The molecule has 0 radical (unpaired) electrons. The molecule has 0 atom stereocenters. The summed E-state index contributed by atoms with van der Waals surface area (Å²) in [5.74, 6) is -3.13. The number of hydrogen-bond acceptors (Lipinski definition) is 6. The molecular formula is C18H16F4N4O5S. The van der Waals surface area contributed by atoms with Crippen molar-refractivity contribution < 1.29 is 30.8 Å². The Bertz CT molecular complexity index is 1350. The SMILES string of the molecule is CCC(=O)N(c1cc(-c2c(C(F)(F)F)n(C)c(=O)[nH]c2=O)c(F)cc1C#N)S(=O)(=O)CC. The Kier molecular flexibility index (Phi) is 6.65. The summed E-state index contributed by atoms with van der Waals surface area (Å²) in [6.07, 6.45) is -5.66. The van der Waals surface area contributed by atoms with E-state index in [0.717, 1.165) is 0 Å². The first kappa shape index (κ1) is 24.8. The van der Waals surface area contributed by atoms with Gasteiger partial charge in [-0.05, 0) is 19.1 Å². The van der Waals surface area contributed by atoms with E-state index >= 15 is 0 Å². The molecule has 0 aliphatic heterocycles. The Morgan fingerprint density at radius 2 is 1.84 bits per heavy atom. The zero-order valence-electron chi connectivity index (χ0n) is 16.9. The van der Waals surface area contributed by atoms with Gasteiger partial charge in [0.1, 0.15) is 17.6 Å². The second-order valence-corrected chi connectivity index (χ2v) is 8.52. The van der Waals surface area contributed by atoms with Gasteiger partial charge in [0.05, 0.1) is 22.6 Å². The van der Waals surface area contributed by atoms with Gasteiger partial charge in [0.2, 0.25) is 15.9 Å². The van der Waals surface area contributed by atoms with E-state index < -0.39 is 73.0 Å². The largest absolute Gasteiger partial charge is 0.432 e. The number of hydrogen-bond donors (Lipinski definition) is 1. The van der Waals surface area contributed by atoms with E-state index in [4.69, 9.17) is 0 Å². The molecule has 1 aromatic carbocycles. The lowest BCUT2D eigenvalue weighted by atomic mass is 10.0. The predicted octanol–water partition coefficient (Wildman–Crippen LogP) is 1.86. The number of sulfonamides is 1. The third-order valence-corrected chi connectivity index (χ3v) is 6.15. The van der Waals surface area contributed by atoms with Gasteiger partial charge in [-0.25, -0.2) is 21.9 Å². The first-order chi connectivity index (χ1) is 14.7. The molecule has 0 spiro atoms. The van der Waals surface area contributed by atoms with Gasteiger partial charge in [-0.1, -0.05) is 6.92 Å². The Morgan fingerprint density at radius 1 is 1.25 bits per heavy atom. The average molecular weight is 476 g/mol. The summed E-state index contributed by atoms with van der Waals surface area (Å²) in [5.41, 5.74) is -8.58. The number of nitrogens with zero attached hydrogens (tertiary/aromatic N) is 3. The van der Waals surface area contributed by atoms with Crippen molar-refractivity contribution in [1.29, 1.82) is 5.26 Å². The van der Waals surface area contributed by atoms with Crippen LogP contribution in [0.5, 0.6) is 0 Å². The number of anilines is 1. The Labute approximate surface area is 178 Å². The molecule has 1 N–H and O–H groups in total. The number of aromatic amines is 1. The Morgan fingerprint density at radius 3 is 2.31 bits per heavy atom. The maximum atomic E-state index is 14.8. The number of amides is 1. The molecule has 0 aliphatic carbocycles. The zero-order chi connectivity index (χ0) is 24.6. The molecule has 0 bridgehead atoms. The second kappa shape index (κ2) is 8.58. The molecule has 2 aromatic rings. The molecule has 1 heterocycles. The summed E-state index contributed by atoms with van der Waals surface area (Å²) in [5, 5.41) is 9.32. The van der Waals surface area contributed by atoms with Crippen LogP contribution in [0.2, 0.25) is 0 Å². The number of halogens is 4. The lowest BCUT2D eigenvalue weighted by molar-refractivity contribution is -0.143. The Balaban J connectivity index is 3.09. The summed E-state index contributed by atoms with van der Waals surface area (Å²) < 4.78 is 81.0. The molecule has 0 saturated carbocycles. The van der Waals surface area contributed by atoms with Gasteiger partial charge in [-0.2, -0.15) is 18.4 Å². The minimum absolute atomic E-state index is 0.0474. The van der Waals surface area contributed by atoms with Gasteiger partial charge < -0.3 is 0 Å². The summed E-state index contributed by atoms with van der Waals surface area (Å²) >= 11 is 0. The topological polar surface area (TPSA) is 133 Å². The maximum absolute atomic E-state index is 14.8. The number of rotatable bonds is 5. The van der Waals surface area contributed by atoms with Crippen LogP contribution >= 0.6 is 0 Å². The van der Waals surface area contributed by atoms with Crippen LogP contribution in [0.3, 0.4) is 0 Å². The van der Waals surface area contributed by atoms with Gasteiger partial charge in [-0.15, -0.1) is 0 Å². The first-order valence-electron chi connectivity index (χ1n) is 8.91. The van der Waals surface area contributed by atoms with Crippen LogP contribution in [0.25, 0.3) is 11.1 Å². The highest BCUT2D eigenvalue weighted by Gasteiger charge is 2.40. The number of nitrogens with one attached hydrogen (secondary N) is 1. The fourth-order valence-corrected chi connectivity index (χ4v) is 4.07. The van der Waals surface area contributed by atoms with Crippen LogP contribution in [0.15, 0.2) is 21.7 Å². The van der Waals surface area contributed by atoms with Crippen LogP contribution in [0.1, 0.15) is 31.5 Å². The summed E-state index contributed by atoms with van der Waals surface area (Å²) in [6.45, 7) is 2.48. The van der Waals surface area contributed by atoms with Crippen molar-refractivity contribution in [2.75, 3.05) is 10.1 Å². The molecule has 32 heavy (non-hydrogen) atoms. The van der Waals surface area contributed by atoms with Crippen molar-refractivity contribution in [3.8, 4) is 17.2 Å². The van der Waals surface area contributed by atoms with E-state index in [1.54, 1.807) is 4.98 Å². The molecule has 2 rings (SSSR count). The molecule has 172 valence electrons. The molecule has 0 unspecified atom stereocenters. The van der Waals surface area contributed by atoms with Gasteiger partial charge in [0.25, 0.3) is 5.56 Å². The van der Waals surface area contributed by atoms with Crippen LogP contribution in [0.4, 0.5) is 23.2 Å². The van der Waals surface area contributed by atoms with Gasteiger partial charge in [0.15, 0.2) is 0 Å². The lowest BCUT2D eigenvalue weighted by Gasteiger charge is -2.24. The van der Waals surface area contributed by atoms with E-state index in [1.807, 2.05) is 0 Å². The van der Waals surface area contributed by atoms with Gasteiger partial charge >= 0.3 is 11.9 Å². The highest BCUT2D eigenvalue weighted by Crippen LogP contribution is 2.38. The van der Waals surface area contributed by atoms with Crippen molar-refractivity contribution >= 4 is 21.6 Å². The van der Waals surface area contributed by atoms with Crippen LogP contribution < -0.4 is 15.6 Å². The molecule has 9 nitrogen and oxygen atoms in total. The molecule has 1 aromatic heterocycles. The van der Waals surface area contributed by atoms with E-state index in [9.17, 15) is 45.6 Å². The minimum atomic E-state index is -5.29. The third-order valence-electron chi connectivity index (χ3n) is 4.46. The van der Waals surface area contributed by atoms with Gasteiger partial charge in [0, 0.05) is 19.0 Å². The molecule has 0 fully saturated rings. The quantitative estimate of drug-likeness (QED) is 0.655. The standard InChI is InChI=1S/C18H16F4N4O5S/c1-4-13(27)26(32(30,31)5-2)12-7-10(11(19)6-9(12)8-23)14-15(18(20,21)22)25(3)17(29)24-16(14)28/h6-7H,4-5H2,1-3H3,(H,24,28,29). The van der Waals surface area contributed by atoms with Crippen molar-refractivity contribution in [2.45, 2.75) is 26.4 Å². The number of H-pyrrole nitrogens is 1. The highest BCUT2D eigenvalue weighted by molar-refractivity contribution is 7.93. The number of benzene rings is 1. The smallest absolute Gasteiger partial charge is 0.292 e. The zero-order valence-corrected chi connectivity index (χ0v) is 17.7. The fourth-order valence-electron chi connectivity index (χ4n) is 2.93. The normalized spacial score (nSPS) is 11.8. The third kappa shape index (κ3) is 4.28. The van der Waals surface area contributed by atoms with Crippen molar-refractivity contribution in [3.05, 3.63) is 50.0 Å². The van der Waals surface area contributed by atoms with Gasteiger partial charge in [-0.3, -0.25) is 19.1 Å². The molecule has 0 aliphatic rings. The lowest BCUT2D eigenvalue weighted by Crippen LogP contribution is -2.38. The fraction of sp³-hybridized carbons (Fsp3) is 0.333. The van der Waals surface area contributed by atoms with Crippen molar-refractivity contribution in [3.63, 3.8) is 0 Å². The predicted molar refractivity (Wildman–Crippen MR) is 105 cm³/mol. The monoisotopic (exact) mass is 476 g/mol. The molecule has 0 saturated heterocycles. The van der Waals surface area contributed by atoms with E-state index in [1.165, 1.54) is 19.9 Å². The highest BCUT2D eigenvalue weighted by atomic mass is 32.2. The van der Waals surface area contributed by atoms with Crippen LogP contribution in [-0.4, -0.2) is 29.6 Å². The molecular weight excluding hydrogens is 460 g/mol. The Hall–Kier alpha value is -3.47. The summed E-state index contributed by atoms with van der Waals surface area (Å²) in [7, 11) is -3.69. The number of carbonyl (C=O) groups excluding carboxylic acids is 1. The maximum Gasteiger partial charge on any atom is 0.432 e. The molecule has 1 amide bonds.